The average Bonchev–Trinajstić information content (AvgIpc) is 3.08. The molecule has 0 aliphatic rings. The van der Waals surface area contributed by atoms with Crippen LogP contribution in [0.3, 0.4) is 0 Å². The molecule has 0 aliphatic carbocycles. The Kier molecular flexibility index (Phi) is 4.53. The smallest absolute Gasteiger partial charge is 0.264 e. The number of anilines is 1. The molecule has 2 aromatic heterocycles. The topological polar surface area (TPSA) is 90.0 Å². The quantitative estimate of drug-likeness (QED) is 0.725. The Bertz CT molecular complexity index is 1110. The van der Waals surface area contributed by atoms with Crippen molar-refractivity contribution in [3.63, 3.8) is 0 Å². The van der Waals surface area contributed by atoms with E-state index >= 15 is 0 Å². The van der Waals surface area contributed by atoms with Gasteiger partial charge in [-0.15, -0.1) is 10.2 Å². The van der Waals surface area contributed by atoms with E-state index in [4.69, 9.17) is 16.0 Å². The lowest BCUT2D eigenvalue weighted by molar-refractivity contribution is 0.530. The summed E-state index contributed by atoms with van der Waals surface area (Å²) in [5.74, 6) is -0.202. The minimum Gasteiger partial charge on any atom is -0.421 e. The highest BCUT2D eigenvalue weighted by atomic mass is 35.5. The van der Waals surface area contributed by atoms with E-state index in [1.807, 2.05) is 0 Å². The first kappa shape index (κ1) is 18.4. The van der Waals surface area contributed by atoms with Crippen LogP contribution in [0.2, 0.25) is 5.02 Å². The van der Waals surface area contributed by atoms with E-state index in [1.54, 1.807) is 32.4 Å². The van der Waals surface area contributed by atoms with E-state index in [0.717, 1.165) is 6.07 Å². The zero-order valence-corrected chi connectivity index (χ0v) is 16.0. The first-order valence-electron chi connectivity index (χ1n) is 7.56. The van der Waals surface area contributed by atoms with Gasteiger partial charge in [0, 0.05) is 25.4 Å². The second-order valence-corrected chi connectivity index (χ2v) is 7.82. The SMILES string of the molecule is Cc1nnc(-c2c(S(=O)(=O)Nc3ccc(F)c(Cl)c3)c(C)n(C)c2C)o1. The largest absolute Gasteiger partial charge is 0.421 e. The molecular weight excluding hydrogens is 383 g/mol. The van der Waals surface area contributed by atoms with Crippen molar-refractivity contribution in [3.8, 4) is 11.5 Å². The predicted molar refractivity (Wildman–Crippen MR) is 95.1 cm³/mol. The second kappa shape index (κ2) is 6.40. The van der Waals surface area contributed by atoms with Crippen LogP contribution in [0.15, 0.2) is 27.5 Å². The molecule has 3 aromatic rings. The van der Waals surface area contributed by atoms with E-state index in [1.165, 1.54) is 12.1 Å². The van der Waals surface area contributed by atoms with Gasteiger partial charge in [-0.1, -0.05) is 11.6 Å². The summed E-state index contributed by atoms with van der Waals surface area (Å²) in [6.45, 7) is 5.05. The number of halogens is 2. The number of aryl methyl sites for hydroxylation is 1. The molecule has 1 N–H and O–H groups in total. The molecule has 138 valence electrons. The highest BCUT2D eigenvalue weighted by molar-refractivity contribution is 7.93. The molecule has 7 nitrogen and oxygen atoms in total. The van der Waals surface area contributed by atoms with Gasteiger partial charge in [0.2, 0.25) is 5.89 Å². The van der Waals surface area contributed by atoms with Crippen molar-refractivity contribution in [1.82, 2.24) is 14.8 Å². The molecule has 0 radical (unpaired) electrons. The Labute approximate surface area is 154 Å². The number of sulfonamides is 1. The van der Waals surface area contributed by atoms with Gasteiger partial charge in [-0.3, -0.25) is 4.72 Å². The Morgan fingerprint density at radius 3 is 2.46 bits per heavy atom. The number of hydrogen-bond acceptors (Lipinski definition) is 5. The van der Waals surface area contributed by atoms with Crippen LogP contribution in [0.1, 0.15) is 17.3 Å². The third kappa shape index (κ3) is 3.08. The second-order valence-electron chi connectivity index (χ2n) is 5.79. The number of rotatable bonds is 4. The molecule has 0 bridgehead atoms. The van der Waals surface area contributed by atoms with E-state index < -0.39 is 15.8 Å². The molecule has 0 amide bonds. The summed E-state index contributed by atoms with van der Waals surface area (Å²) in [5.41, 5.74) is 1.62. The first-order valence-corrected chi connectivity index (χ1v) is 9.42. The maximum Gasteiger partial charge on any atom is 0.264 e. The maximum absolute atomic E-state index is 13.3. The van der Waals surface area contributed by atoms with Crippen molar-refractivity contribution in [2.45, 2.75) is 25.7 Å². The van der Waals surface area contributed by atoms with Crippen molar-refractivity contribution in [2.24, 2.45) is 7.05 Å². The van der Waals surface area contributed by atoms with Gasteiger partial charge < -0.3 is 8.98 Å². The summed E-state index contributed by atoms with van der Waals surface area (Å²) < 4.78 is 49.0. The molecule has 10 heteroatoms. The number of benzene rings is 1. The molecular formula is C16H16ClFN4O3S. The Hall–Kier alpha value is -2.39. The lowest BCUT2D eigenvalue weighted by atomic mass is 10.2. The molecule has 26 heavy (non-hydrogen) atoms. The van der Waals surface area contributed by atoms with Crippen molar-refractivity contribution in [2.75, 3.05) is 4.72 Å². The maximum atomic E-state index is 13.3. The van der Waals surface area contributed by atoms with Gasteiger partial charge in [-0.05, 0) is 32.0 Å². The average molecular weight is 399 g/mol. The Balaban J connectivity index is 2.15. The number of hydrogen-bond donors (Lipinski definition) is 1. The van der Waals surface area contributed by atoms with Crippen molar-refractivity contribution < 1.29 is 17.2 Å². The molecule has 0 aliphatic heterocycles. The third-order valence-corrected chi connectivity index (χ3v) is 5.94. The minimum absolute atomic E-state index is 0.0154. The lowest BCUT2D eigenvalue weighted by Crippen LogP contribution is -2.15. The van der Waals surface area contributed by atoms with Crippen LogP contribution in [0.5, 0.6) is 0 Å². The zero-order valence-electron chi connectivity index (χ0n) is 14.5. The van der Waals surface area contributed by atoms with Gasteiger partial charge in [0.05, 0.1) is 16.3 Å². The van der Waals surface area contributed by atoms with Crippen molar-refractivity contribution >= 4 is 27.3 Å². The summed E-state index contributed by atoms with van der Waals surface area (Å²) in [6.07, 6.45) is 0. The number of nitrogens with one attached hydrogen (secondary N) is 1. The fourth-order valence-electron chi connectivity index (χ4n) is 2.66. The molecule has 1 aromatic carbocycles. The van der Waals surface area contributed by atoms with Crippen LogP contribution in [-0.4, -0.2) is 23.2 Å². The summed E-state index contributed by atoms with van der Waals surface area (Å²) in [7, 11) is -2.28. The Morgan fingerprint density at radius 2 is 1.88 bits per heavy atom. The predicted octanol–water partition coefficient (Wildman–Crippen LogP) is 3.59. The monoisotopic (exact) mass is 398 g/mol. The standard InChI is InChI=1S/C16H16ClFN4O3S/c1-8-14(16-20-19-10(3)25-16)15(9(2)22(8)4)26(23,24)21-11-5-6-13(18)12(17)7-11/h5-7,21H,1-4H3. The highest BCUT2D eigenvalue weighted by Crippen LogP contribution is 2.35. The van der Waals surface area contributed by atoms with E-state index in [-0.39, 0.29) is 21.5 Å². The molecule has 0 saturated carbocycles. The van der Waals surface area contributed by atoms with Crippen LogP contribution in [-0.2, 0) is 17.1 Å². The number of aromatic nitrogens is 3. The third-order valence-electron chi connectivity index (χ3n) is 4.10. The van der Waals surface area contributed by atoms with Gasteiger partial charge in [0.1, 0.15) is 10.7 Å². The van der Waals surface area contributed by atoms with Crippen LogP contribution >= 0.6 is 11.6 Å². The summed E-state index contributed by atoms with van der Waals surface area (Å²) in [6, 6.07) is 3.59. The summed E-state index contributed by atoms with van der Waals surface area (Å²) >= 11 is 5.73. The Morgan fingerprint density at radius 1 is 1.19 bits per heavy atom. The van der Waals surface area contributed by atoms with Crippen LogP contribution < -0.4 is 4.72 Å². The van der Waals surface area contributed by atoms with Gasteiger partial charge in [-0.25, -0.2) is 12.8 Å². The number of nitrogens with zero attached hydrogens (tertiary/aromatic N) is 3. The van der Waals surface area contributed by atoms with E-state index in [0.29, 0.717) is 22.8 Å². The van der Waals surface area contributed by atoms with Gasteiger partial charge >= 0.3 is 0 Å². The van der Waals surface area contributed by atoms with Gasteiger partial charge in [-0.2, -0.15) is 0 Å². The molecule has 0 unspecified atom stereocenters. The zero-order chi connectivity index (χ0) is 19.2. The van der Waals surface area contributed by atoms with Crippen LogP contribution in [0, 0.1) is 26.6 Å². The van der Waals surface area contributed by atoms with Gasteiger partial charge in [0.15, 0.2) is 0 Å². The molecule has 3 rings (SSSR count). The molecule has 2 heterocycles. The fraction of sp³-hybridized carbons (Fsp3) is 0.250. The normalized spacial score (nSPS) is 11.8. The van der Waals surface area contributed by atoms with Crippen LogP contribution in [0.25, 0.3) is 11.5 Å². The van der Waals surface area contributed by atoms with Crippen LogP contribution in [0.4, 0.5) is 10.1 Å². The highest BCUT2D eigenvalue weighted by Gasteiger charge is 2.30. The van der Waals surface area contributed by atoms with E-state index in [2.05, 4.69) is 14.9 Å². The molecule has 0 spiro atoms. The lowest BCUT2D eigenvalue weighted by Gasteiger charge is -2.10. The van der Waals surface area contributed by atoms with E-state index in [9.17, 15) is 12.8 Å². The molecule has 0 fully saturated rings. The molecule has 0 saturated heterocycles. The summed E-state index contributed by atoms with van der Waals surface area (Å²) in [5, 5.41) is 7.53. The first-order chi connectivity index (χ1) is 12.1. The van der Waals surface area contributed by atoms with Gasteiger partial charge in [0.25, 0.3) is 15.9 Å². The fourth-order valence-corrected chi connectivity index (χ4v) is 4.41. The summed E-state index contributed by atoms with van der Waals surface area (Å²) in [4.78, 5) is 0.0154. The molecule has 0 atom stereocenters. The van der Waals surface area contributed by atoms with Crippen molar-refractivity contribution in [1.29, 1.82) is 0 Å². The minimum atomic E-state index is -4.02. The van der Waals surface area contributed by atoms with Crippen molar-refractivity contribution in [3.05, 3.63) is 46.3 Å².